The first-order valence-corrected chi connectivity index (χ1v) is 9.69. The van der Waals surface area contributed by atoms with Crippen LogP contribution in [0.5, 0.6) is 17.2 Å². The van der Waals surface area contributed by atoms with Gasteiger partial charge in [-0.2, -0.15) is 0 Å². The van der Waals surface area contributed by atoms with Crippen molar-refractivity contribution in [2.75, 3.05) is 26.6 Å². The molecule has 0 saturated carbocycles. The molecule has 0 fully saturated rings. The summed E-state index contributed by atoms with van der Waals surface area (Å²) in [6, 6.07) is 13.7. The van der Waals surface area contributed by atoms with Crippen molar-refractivity contribution in [2.45, 2.75) is 6.92 Å². The second-order valence-corrected chi connectivity index (χ2v) is 6.76. The third kappa shape index (κ3) is 5.28. The zero-order valence-corrected chi connectivity index (χ0v) is 18.2. The first-order valence-electron chi connectivity index (χ1n) is 9.69. The summed E-state index contributed by atoms with van der Waals surface area (Å²) in [7, 11) is 4.38. The molecule has 0 aliphatic carbocycles. The van der Waals surface area contributed by atoms with Crippen LogP contribution in [0.2, 0.25) is 0 Å². The van der Waals surface area contributed by atoms with E-state index in [4.69, 9.17) is 18.6 Å². The fraction of sp³-hybridized carbons (Fsp3) is 0.167. The van der Waals surface area contributed by atoms with Gasteiger partial charge in [-0.05, 0) is 43.3 Å². The third-order valence-electron chi connectivity index (χ3n) is 4.56. The van der Waals surface area contributed by atoms with E-state index in [2.05, 4.69) is 10.6 Å². The number of nitrogens with one attached hydrogen (secondary N) is 2. The molecule has 8 heteroatoms. The van der Waals surface area contributed by atoms with Gasteiger partial charge >= 0.3 is 0 Å². The standard InChI is InChI=1S/C24H24N2O6/c1-15-7-9-17(10-8-15)25-24(28)19(14-18-6-5-11-32-18)26-23(27)16-12-20(29-2)22(31-4)21(13-16)30-3/h5-14H,1-4H3,(H,25,28)(H,26,27)/b19-14+. The molecule has 0 atom stereocenters. The van der Waals surface area contributed by atoms with Gasteiger partial charge in [-0.3, -0.25) is 9.59 Å². The molecule has 0 radical (unpaired) electrons. The van der Waals surface area contributed by atoms with Gasteiger partial charge in [0.1, 0.15) is 11.5 Å². The van der Waals surface area contributed by atoms with E-state index >= 15 is 0 Å². The molecule has 0 aliphatic rings. The maximum atomic E-state index is 13.0. The van der Waals surface area contributed by atoms with E-state index in [1.54, 1.807) is 24.3 Å². The summed E-state index contributed by atoms with van der Waals surface area (Å²) < 4.78 is 21.2. The number of hydrogen-bond donors (Lipinski definition) is 2. The van der Waals surface area contributed by atoms with Crippen molar-refractivity contribution in [1.82, 2.24) is 5.32 Å². The average molecular weight is 436 g/mol. The highest BCUT2D eigenvalue weighted by Gasteiger charge is 2.20. The van der Waals surface area contributed by atoms with E-state index in [1.165, 1.54) is 45.8 Å². The van der Waals surface area contributed by atoms with E-state index in [9.17, 15) is 9.59 Å². The maximum absolute atomic E-state index is 13.0. The van der Waals surface area contributed by atoms with Crippen LogP contribution in [0.4, 0.5) is 5.69 Å². The SMILES string of the molecule is COc1cc(C(=O)N/C(=C/c2ccco2)C(=O)Nc2ccc(C)cc2)cc(OC)c1OC. The van der Waals surface area contributed by atoms with Gasteiger partial charge in [0.25, 0.3) is 11.8 Å². The molecule has 8 nitrogen and oxygen atoms in total. The summed E-state index contributed by atoms with van der Waals surface area (Å²) in [5.74, 6) is 0.349. The number of rotatable bonds is 8. The lowest BCUT2D eigenvalue weighted by Crippen LogP contribution is -2.30. The molecule has 3 rings (SSSR count). The normalized spacial score (nSPS) is 10.9. The van der Waals surface area contributed by atoms with Crippen LogP contribution in [-0.2, 0) is 4.79 Å². The van der Waals surface area contributed by atoms with E-state index in [0.717, 1.165) is 5.56 Å². The zero-order valence-electron chi connectivity index (χ0n) is 18.2. The Morgan fingerprint density at radius 3 is 2.12 bits per heavy atom. The first kappa shape index (κ1) is 22.5. The van der Waals surface area contributed by atoms with Gasteiger partial charge in [0.15, 0.2) is 11.5 Å². The summed E-state index contributed by atoms with van der Waals surface area (Å²) >= 11 is 0. The number of furan rings is 1. The van der Waals surface area contributed by atoms with E-state index in [1.807, 2.05) is 19.1 Å². The highest BCUT2D eigenvalue weighted by molar-refractivity contribution is 6.10. The van der Waals surface area contributed by atoms with E-state index in [-0.39, 0.29) is 11.3 Å². The monoisotopic (exact) mass is 436 g/mol. The predicted octanol–water partition coefficient (Wildman–Crippen LogP) is 4.02. The largest absolute Gasteiger partial charge is 0.493 e. The smallest absolute Gasteiger partial charge is 0.272 e. The fourth-order valence-electron chi connectivity index (χ4n) is 2.92. The summed E-state index contributed by atoms with van der Waals surface area (Å²) in [5, 5.41) is 5.41. The Bertz CT molecular complexity index is 1090. The van der Waals surface area contributed by atoms with Crippen molar-refractivity contribution in [1.29, 1.82) is 0 Å². The lowest BCUT2D eigenvalue weighted by Gasteiger charge is -2.15. The minimum absolute atomic E-state index is 0.000670. The minimum Gasteiger partial charge on any atom is -0.493 e. The van der Waals surface area contributed by atoms with Crippen molar-refractivity contribution in [3.8, 4) is 17.2 Å². The summed E-state index contributed by atoms with van der Waals surface area (Å²) in [4.78, 5) is 25.9. The summed E-state index contributed by atoms with van der Waals surface area (Å²) in [6.45, 7) is 1.95. The number of amides is 2. The molecule has 0 unspecified atom stereocenters. The molecular weight excluding hydrogens is 412 g/mol. The summed E-state index contributed by atoms with van der Waals surface area (Å²) in [5.41, 5.74) is 1.87. The molecule has 2 amide bonds. The van der Waals surface area contributed by atoms with Crippen LogP contribution in [0, 0.1) is 6.92 Å². The number of benzene rings is 2. The van der Waals surface area contributed by atoms with Crippen molar-refractivity contribution < 1.29 is 28.2 Å². The van der Waals surface area contributed by atoms with E-state index < -0.39 is 11.8 Å². The molecule has 166 valence electrons. The Balaban J connectivity index is 1.90. The van der Waals surface area contributed by atoms with Crippen LogP contribution in [-0.4, -0.2) is 33.1 Å². The number of anilines is 1. The highest BCUT2D eigenvalue weighted by Crippen LogP contribution is 2.38. The Morgan fingerprint density at radius 2 is 1.59 bits per heavy atom. The van der Waals surface area contributed by atoms with Gasteiger partial charge in [-0.1, -0.05) is 17.7 Å². The highest BCUT2D eigenvalue weighted by atomic mass is 16.5. The minimum atomic E-state index is -0.541. The molecule has 0 saturated heterocycles. The number of methoxy groups -OCH3 is 3. The number of ether oxygens (including phenoxy) is 3. The van der Waals surface area contributed by atoms with Crippen molar-refractivity contribution in [3.63, 3.8) is 0 Å². The van der Waals surface area contributed by atoms with Gasteiger partial charge in [0, 0.05) is 17.3 Å². The molecule has 1 aromatic heterocycles. The van der Waals surface area contributed by atoms with Crippen molar-refractivity contribution in [3.05, 3.63) is 77.4 Å². The van der Waals surface area contributed by atoms with Crippen LogP contribution >= 0.6 is 0 Å². The van der Waals surface area contributed by atoms with Gasteiger partial charge in [0.2, 0.25) is 5.75 Å². The predicted molar refractivity (Wildman–Crippen MR) is 120 cm³/mol. The van der Waals surface area contributed by atoms with Crippen LogP contribution in [0.15, 0.2) is 64.9 Å². The molecule has 2 N–H and O–H groups in total. The van der Waals surface area contributed by atoms with Crippen LogP contribution in [0.3, 0.4) is 0 Å². The molecule has 1 heterocycles. The molecular formula is C24H24N2O6. The second kappa shape index (κ2) is 10.2. The van der Waals surface area contributed by atoms with Gasteiger partial charge < -0.3 is 29.3 Å². The topological polar surface area (TPSA) is 99.0 Å². The van der Waals surface area contributed by atoms with Gasteiger partial charge in [-0.15, -0.1) is 0 Å². The number of carbonyl (C=O) groups is 2. The molecule has 0 spiro atoms. The lowest BCUT2D eigenvalue weighted by molar-refractivity contribution is -0.113. The number of aryl methyl sites for hydroxylation is 1. The first-order chi connectivity index (χ1) is 15.4. The van der Waals surface area contributed by atoms with Gasteiger partial charge in [0.05, 0.1) is 27.6 Å². The Kier molecular flexibility index (Phi) is 7.17. The number of hydrogen-bond acceptors (Lipinski definition) is 6. The molecule has 0 aliphatic heterocycles. The second-order valence-electron chi connectivity index (χ2n) is 6.76. The van der Waals surface area contributed by atoms with Crippen LogP contribution < -0.4 is 24.8 Å². The van der Waals surface area contributed by atoms with Crippen LogP contribution in [0.25, 0.3) is 6.08 Å². The Labute approximate surface area is 185 Å². The molecule has 32 heavy (non-hydrogen) atoms. The fourth-order valence-corrected chi connectivity index (χ4v) is 2.92. The number of carbonyl (C=O) groups excluding carboxylic acids is 2. The van der Waals surface area contributed by atoms with E-state index in [0.29, 0.717) is 28.7 Å². The Morgan fingerprint density at radius 1 is 0.938 bits per heavy atom. The quantitative estimate of drug-likeness (QED) is 0.518. The van der Waals surface area contributed by atoms with Crippen molar-refractivity contribution in [2.24, 2.45) is 0 Å². The molecule has 0 bridgehead atoms. The zero-order chi connectivity index (χ0) is 23.1. The molecule has 3 aromatic rings. The van der Waals surface area contributed by atoms with Gasteiger partial charge in [-0.25, -0.2) is 0 Å². The summed E-state index contributed by atoms with van der Waals surface area (Å²) in [6.07, 6.45) is 2.92. The van der Waals surface area contributed by atoms with Crippen molar-refractivity contribution >= 4 is 23.6 Å². The molecule has 2 aromatic carbocycles. The average Bonchev–Trinajstić information content (AvgIpc) is 3.32. The lowest BCUT2D eigenvalue weighted by atomic mass is 10.1. The maximum Gasteiger partial charge on any atom is 0.272 e. The third-order valence-corrected chi connectivity index (χ3v) is 4.56. The Hall–Kier alpha value is -4.20. The van der Waals surface area contributed by atoms with Crippen LogP contribution in [0.1, 0.15) is 21.7 Å².